The molecular formula is C12H10Cl2N2O. The first kappa shape index (κ1) is 11.9. The lowest BCUT2D eigenvalue weighted by atomic mass is 10.2. The molecule has 0 amide bonds. The van der Waals surface area contributed by atoms with Gasteiger partial charge in [0.05, 0.1) is 16.4 Å². The summed E-state index contributed by atoms with van der Waals surface area (Å²) in [6.07, 6.45) is 0. The molecule has 88 valence electrons. The van der Waals surface area contributed by atoms with Crippen molar-refractivity contribution in [3.05, 3.63) is 46.4 Å². The second-order valence-electron chi connectivity index (χ2n) is 3.42. The van der Waals surface area contributed by atoms with Crippen molar-refractivity contribution in [2.45, 2.75) is 0 Å². The summed E-state index contributed by atoms with van der Waals surface area (Å²) in [5.74, 6) is 1.03. The Hall–Kier alpha value is -1.58. The van der Waals surface area contributed by atoms with Gasteiger partial charge in [0.1, 0.15) is 16.5 Å². The van der Waals surface area contributed by atoms with Crippen LogP contribution >= 0.6 is 23.2 Å². The molecule has 3 nitrogen and oxygen atoms in total. The summed E-state index contributed by atoms with van der Waals surface area (Å²) in [5.41, 5.74) is 11.9. The predicted molar refractivity (Wildman–Crippen MR) is 71.8 cm³/mol. The third-order valence-electron chi connectivity index (χ3n) is 2.21. The standard InChI is InChI=1S/C12H10Cl2N2O/c13-10-9(6-8(15)12(16)11(10)14)17-7-4-2-1-3-5-7/h1-6H,15-16H2. The summed E-state index contributed by atoms with van der Waals surface area (Å²) >= 11 is 12.0. The molecule has 0 aliphatic heterocycles. The van der Waals surface area contributed by atoms with E-state index in [2.05, 4.69) is 0 Å². The molecular weight excluding hydrogens is 259 g/mol. The molecule has 0 aromatic heterocycles. The highest BCUT2D eigenvalue weighted by molar-refractivity contribution is 6.45. The number of halogens is 2. The van der Waals surface area contributed by atoms with Gasteiger partial charge in [0.25, 0.3) is 0 Å². The van der Waals surface area contributed by atoms with Crippen LogP contribution < -0.4 is 16.2 Å². The minimum absolute atomic E-state index is 0.206. The zero-order valence-electron chi connectivity index (χ0n) is 8.78. The molecule has 0 heterocycles. The van der Waals surface area contributed by atoms with Gasteiger partial charge in [-0.1, -0.05) is 41.4 Å². The first-order valence-electron chi connectivity index (χ1n) is 4.85. The monoisotopic (exact) mass is 268 g/mol. The average molecular weight is 269 g/mol. The van der Waals surface area contributed by atoms with Gasteiger partial charge in [0.15, 0.2) is 0 Å². The fourth-order valence-corrected chi connectivity index (χ4v) is 1.72. The fourth-order valence-electron chi connectivity index (χ4n) is 1.33. The molecule has 2 aromatic carbocycles. The first-order chi connectivity index (χ1) is 8.09. The Morgan fingerprint density at radius 3 is 2.24 bits per heavy atom. The van der Waals surface area contributed by atoms with E-state index in [1.165, 1.54) is 0 Å². The summed E-state index contributed by atoms with van der Waals surface area (Å²) in [5, 5.41) is 0.458. The van der Waals surface area contributed by atoms with E-state index in [4.69, 9.17) is 39.4 Å². The summed E-state index contributed by atoms with van der Waals surface area (Å²) in [7, 11) is 0. The van der Waals surface area contributed by atoms with Crippen molar-refractivity contribution in [1.82, 2.24) is 0 Å². The SMILES string of the molecule is Nc1cc(Oc2ccccc2)c(Cl)c(Cl)c1N. The van der Waals surface area contributed by atoms with Crippen LogP contribution in [0, 0.1) is 0 Å². The van der Waals surface area contributed by atoms with E-state index < -0.39 is 0 Å². The molecule has 17 heavy (non-hydrogen) atoms. The van der Waals surface area contributed by atoms with Crippen LogP contribution in [0.3, 0.4) is 0 Å². The number of anilines is 2. The zero-order valence-corrected chi connectivity index (χ0v) is 10.3. The Morgan fingerprint density at radius 2 is 1.59 bits per heavy atom. The molecule has 2 aromatic rings. The molecule has 4 N–H and O–H groups in total. The Kier molecular flexibility index (Phi) is 3.31. The van der Waals surface area contributed by atoms with Crippen LogP contribution in [-0.4, -0.2) is 0 Å². The van der Waals surface area contributed by atoms with E-state index in [0.29, 0.717) is 17.2 Å². The Labute approximate surface area is 109 Å². The molecule has 0 spiro atoms. The molecule has 0 bridgehead atoms. The highest BCUT2D eigenvalue weighted by atomic mass is 35.5. The maximum atomic E-state index is 6.03. The third-order valence-corrected chi connectivity index (χ3v) is 3.08. The first-order valence-corrected chi connectivity index (χ1v) is 5.61. The number of rotatable bonds is 2. The van der Waals surface area contributed by atoms with Crippen LogP contribution in [0.5, 0.6) is 11.5 Å². The van der Waals surface area contributed by atoms with Gasteiger partial charge in [0.2, 0.25) is 0 Å². The molecule has 0 unspecified atom stereocenters. The molecule has 0 atom stereocenters. The lowest BCUT2D eigenvalue weighted by Crippen LogP contribution is -1.97. The molecule has 0 aliphatic carbocycles. The van der Waals surface area contributed by atoms with Crippen LogP contribution in [0.2, 0.25) is 10.0 Å². The van der Waals surface area contributed by atoms with Crippen molar-refractivity contribution in [3.8, 4) is 11.5 Å². The van der Waals surface area contributed by atoms with Crippen molar-refractivity contribution >= 4 is 34.6 Å². The topological polar surface area (TPSA) is 61.3 Å². The molecule has 2 rings (SSSR count). The summed E-state index contributed by atoms with van der Waals surface area (Å²) < 4.78 is 5.57. The van der Waals surface area contributed by atoms with Gasteiger partial charge in [0, 0.05) is 6.07 Å². The molecule has 0 aliphatic rings. The van der Waals surface area contributed by atoms with E-state index in [-0.39, 0.29) is 15.7 Å². The number of nitrogens with two attached hydrogens (primary N) is 2. The largest absolute Gasteiger partial charge is 0.456 e. The summed E-state index contributed by atoms with van der Waals surface area (Å²) in [6, 6.07) is 10.7. The van der Waals surface area contributed by atoms with Gasteiger partial charge >= 0.3 is 0 Å². The average Bonchev–Trinajstić information content (AvgIpc) is 2.35. The molecule has 5 heteroatoms. The lowest BCUT2D eigenvalue weighted by Gasteiger charge is -2.11. The maximum absolute atomic E-state index is 6.03. The minimum atomic E-state index is 0.206. The second-order valence-corrected chi connectivity index (χ2v) is 4.18. The molecule has 0 fully saturated rings. The van der Waals surface area contributed by atoms with Crippen molar-refractivity contribution in [2.75, 3.05) is 11.5 Å². The Balaban J connectivity index is 2.41. The third kappa shape index (κ3) is 2.40. The van der Waals surface area contributed by atoms with Crippen LogP contribution in [0.15, 0.2) is 36.4 Å². The van der Waals surface area contributed by atoms with E-state index in [0.717, 1.165) is 0 Å². The second kappa shape index (κ2) is 4.73. The van der Waals surface area contributed by atoms with Crippen LogP contribution in [0.25, 0.3) is 0 Å². The van der Waals surface area contributed by atoms with Crippen molar-refractivity contribution in [2.24, 2.45) is 0 Å². The van der Waals surface area contributed by atoms with Crippen molar-refractivity contribution in [3.63, 3.8) is 0 Å². The number of nitrogen functional groups attached to an aromatic ring is 2. The molecule has 0 saturated carbocycles. The van der Waals surface area contributed by atoms with Gasteiger partial charge in [-0.25, -0.2) is 0 Å². The van der Waals surface area contributed by atoms with E-state index >= 15 is 0 Å². The zero-order chi connectivity index (χ0) is 12.4. The summed E-state index contributed by atoms with van der Waals surface area (Å²) in [4.78, 5) is 0. The lowest BCUT2D eigenvalue weighted by molar-refractivity contribution is 0.483. The van der Waals surface area contributed by atoms with E-state index in [1.807, 2.05) is 18.2 Å². The quantitative estimate of drug-likeness (QED) is 0.811. The van der Waals surface area contributed by atoms with Gasteiger partial charge in [-0.15, -0.1) is 0 Å². The number of ether oxygens (including phenoxy) is 1. The summed E-state index contributed by atoms with van der Waals surface area (Å²) in [6.45, 7) is 0. The van der Waals surface area contributed by atoms with Gasteiger partial charge < -0.3 is 16.2 Å². The van der Waals surface area contributed by atoms with Crippen LogP contribution in [0.1, 0.15) is 0 Å². The maximum Gasteiger partial charge on any atom is 0.149 e. The van der Waals surface area contributed by atoms with Crippen molar-refractivity contribution < 1.29 is 4.74 Å². The van der Waals surface area contributed by atoms with Crippen LogP contribution in [-0.2, 0) is 0 Å². The highest BCUT2D eigenvalue weighted by Gasteiger charge is 2.13. The normalized spacial score (nSPS) is 10.2. The number of benzene rings is 2. The Morgan fingerprint density at radius 1 is 0.941 bits per heavy atom. The van der Waals surface area contributed by atoms with Gasteiger partial charge in [-0.2, -0.15) is 0 Å². The van der Waals surface area contributed by atoms with E-state index in [9.17, 15) is 0 Å². The highest BCUT2D eigenvalue weighted by Crippen LogP contribution is 2.41. The number of hydrogen-bond donors (Lipinski definition) is 2. The van der Waals surface area contributed by atoms with E-state index in [1.54, 1.807) is 18.2 Å². The minimum Gasteiger partial charge on any atom is -0.456 e. The fraction of sp³-hybridized carbons (Fsp3) is 0. The Bertz CT molecular complexity index is 544. The van der Waals surface area contributed by atoms with Crippen molar-refractivity contribution in [1.29, 1.82) is 0 Å². The van der Waals surface area contributed by atoms with Gasteiger partial charge in [-0.3, -0.25) is 0 Å². The van der Waals surface area contributed by atoms with Gasteiger partial charge in [-0.05, 0) is 12.1 Å². The van der Waals surface area contributed by atoms with Crippen LogP contribution in [0.4, 0.5) is 11.4 Å². The number of para-hydroxylation sites is 1. The molecule has 0 radical (unpaired) electrons. The number of hydrogen-bond acceptors (Lipinski definition) is 3. The predicted octanol–water partition coefficient (Wildman–Crippen LogP) is 3.95. The molecule has 0 saturated heterocycles. The smallest absolute Gasteiger partial charge is 0.149 e.